The van der Waals surface area contributed by atoms with Crippen LogP contribution in [0.2, 0.25) is 0 Å². The number of aromatic nitrogens is 3. The summed E-state index contributed by atoms with van der Waals surface area (Å²) in [6.07, 6.45) is 1.66. The minimum Gasteiger partial charge on any atom is -0.490 e. The first-order valence-corrected chi connectivity index (χ1v) is 13.8. The van der Waals surface area contributed by atoms with Crippen molar-refractivity contribution in [1.29, 1.82) is 0 Å². The van der Waals surface area contributed by atoms with Gasteiger partial charge in [-0.25, -0.2) is 9.59 Å². The van der Waals surface area contributed by atoms with E-state index in [1.165, 1.54) is 4.68 Å². The Balaban J connectivity index is 1.72. The molecule has 0 bridgehead atoms. The highest BCUT2D eigenvalue weighted by molar-refractivity contribution is 6.02. The lowest BCUT2D eigenvalue weighted by Crippen LogP contribution is -2.41. The van der Waals surface area contributed by atoms with E-state index in [9.17, 15) is 9.59 Å². The predicted molar refractivity (Wildman–Crippen MR) is 160 cm³/mol. The van der Waals surface area contributed by atoms with Gasteiger partial charge < -0.3 is 24.3 Å². The van der Waals surface area contributed by atoms with Crippen LogP contribution in [0.4, 0.5) is 9.59 Å². The van der Waals surface area contributed by atoms with Gasteiger partial charge in [0.25, 0.3) is 0 Å². The van der Waals surface area contributed by atoms with Crippen molar-refractivity contribution in [2.75, 3.05) is 13.2 Å². The van der Waals surface area contributed by atoms with Crippen LogP contribution in [0.25, 0.3) is 22.0 Å². The summed E-state index contributed by atoms with van der Waals surface area (Å²) in [5.74, 6) is 1.18. The van der Waals surface area contributed by atoms with Crippen LogP contribution in [0.15, 0.2) is 67.0 Å². The number of pyridine rings is 1. The van der Waals surface area contributed by atoms with Crippen molar-refractivity contribution >= 4 is 23.1 Å². The number of rotatable bonds is 8. The Morgan fingerprint density at radius 3 is 2.29 bits per heavy atom. The molecule has 4 rings (SSSR count). The van der Waals surface area contributed by atoms with Crippen molar-refractivity contribution in [3.63, 3.8) is 0 Å². The van der Waals surface area contributed by atoms with E-state index in [-0.39, 0.29) is 13.2 Å². The lowest BCUT2D eigenvalue weighted by Gasteiger charge is -2.24. The van der Waals surface area contributed by atoms with Crippen molar-refractivity contribution in [3.05, 3.63) is 72.7 Å². The number of nitrogens with zero attached hydrogens (tertiary/aromatic N) is 3. The van der Waals surface area contributed by atoms with Crippen molar-refractivity contribution < 1.29 is 28.5 Å². The van der Waals surface area contributed by atoms with E-state index in [1.807, 2.05) is 49.4 Å². The number of nitrogens with one attached hydrogen (secondary N) is 1. The molecule has 10 heteroatoms. The number of carbonyl (C=O) groups excluding carboxylic acids is 2. The lowest BCUT2D eigenvalue weighted by atomic mass is 10.0. The van der Waals surface area contributed by atoms with Crippen molar-refractivity contribution in [2.45, 2.75) is 65.8 Å². The van der Waals surface area contributed by atoms with Crippen LogP contribution in [0, 0.1) is 6.92 Å². The summed E-state index contributed by atoms with van der Waals surface area (Å²) >= 11 is 0. The third-order valence-corrected chi connectivity index (χ3v) is 5.85. The zero-order chi connectivity index (χ0) is 30.5. The summed E-state index contributed by atoms with van der Waals surface area (Å²) in [6.45, 7) is 12.9. The average molecular weight is 575 g/mol. The van der Waals surface area contributed by atoms with Gasteiger partial charge in [0.1, 0.15) is 35.4 Å². The minimum absolute atomic E-state index is 0.114. The smallest absolute Gasteiger partial charge is 0.435 e. The first kappa shape index (κ1) is 30.4. The average Bonchev–Trinajstić information content (AvgIpc) is 3.26. The Hall–Kier alpha value is -4.60. The fourth-order valence-corrected chi connectivity index (χ4v) is 4.24. The largest absolute Gasteiger partial charge is 0.490 e. The molecule has 0 spiro atoms. The topological polar surface area (TPSA) is 114 Å². The standard InChI is InChI=1S/C32H38N4O6/c1-21-27-25(36(35-21)30(38)42-32(5,6)7)15-16-26(28(27)22-12-11-17-33-18-22)40-24(19-34-29(37)41-31(2,3)4)20-39-23-13-9-8-10-14-23/h8-18,24H,19-20H2,1-7H3,(H,34,37). The number of para-hydroxylation sites is 1. The minimum atomic E-state index is -0.689. The molecule has 0 fully saturated rings. The van der Waals surface area contributed by atoms with Crippen molar-refractivity contribution in [1.82, 2.24) is 20.1 Å². The molecule has 0 aliphatic rings. The fraction of sp³-hybridized carbons (Fsp3) is 0.375. The maximum absolute atomic E-state index is 13.0. The molecular weight excluding hydrogens is 536 g/mol. The second-order valence-electron chi connectivity index (χ2n) is 11.8. The summed E-state index contributed by atoms with van der Waals surface area (Å²) in [5, 5.41) is 8.02. The number of ether oxygens (including phenoxy) is 4. The normalized spacial score (nSPS) is 12.5. The molecule has 2 aromatic carbocycles. The fourth-order valence-electron chi connectivity index (χ4n) is 4.24. The van der Waals surface area contributed by atoms with Gasteiger partial charge in [-0.2, -0.15) is 9.78 Å². The van der Waals surface area contributed by atoms with Crippen LogP contribution in [-0.2, 0) is 9.47 Å². The van der Waals surface area contributed by atoms with Crippen LogP contribution in [0.3, 0.4) is 0 Å². The molecule has 1 amide bonds. The molecule has 1 atom stereocenters. The molecule has 2 aromatic heterocycles. The third-order valence-electron chi connectivity index (χ3n) is 5.85. The summed E-state index contributed by atoms with van der Waals surface area (Å²) in [6, 6.07) is 16.6. The zero-order valence-corrected chi connectivity index (χ0v) is 25.1. The quantitative estimate of drug-likeness (QED) is 0.252. The molecule has 10 nitrogen and oxygen atoms in total. The molecule has 222 valence electrons. The van der Waals surface area contributed by atoms with Gasteiger partial charge in [0.05, 0.1) is 17.8 Å². The van der Waals surface area contributed by atoms with E-state index in [0.29, 0.717) is 33.7 Å². The Morgan fingerprint density at radius 2 is 1.64 bits per heavy atom. The Labute approximate surface area is 245 Å². The van der Waals surface area contributed by atoms with Gasteiger partial charge in [-0.1, -0.05) is 24.3 Å². The molecule has 1 N–H and O–H groups in total. The molecule has 4 aromatic rings. The number of hydrogen-bond donors (Lipinski definition) is 1. The molecule has 0 radical (unpaired) electrons. The second-order valence-corrected chi connectivity index (χ2v) is 11.8. The van der Waals surface area contributed by atoms with E-state index in [4.69, 9.17) is 18.9 Å². The summed E-state index contributed by atoms with van der Waals surface area (Å²) in [7, 11) is 0. The van der Waals surface area contributed by atoms with Crippen molar-refractivity contribution in [3.8, 4) is 22.6 Å². The first-order valence-electron chi connectivity index (χ1n) is 13.8. The molecule has 1 unspecified atom stereocenters. The molecule has 42 heavy (non-hydrogen) atoms. The summed E-state index contributed by atoms with van der Waals surface area (Å²) in [4.78, 5) is 29.8. The zero-order valence-electron chi connectivity index (χ0n) is 25.1. The maximum atomic E-state index is 13.0. The van der Waals surface area contributed by atoms with Gasteiger partial charge >= 0.3 is 12.2 Å². The van der Waals surface area contributed by atoms with E-state index in [0.717, 1.165) is 5.56 Å². The second kappa shape index (κ2) is 12.5. The van der Waals surface area contributed by atoms with Crippen molar-refractivity contribution in [2.24, 2.45) is 0 Å². The highest BCUT2D eigenvalue weighted by Gasteiger charge is 2.26. The number of aryl methyl sites for hydroxylation is 1. The van der Waals surface area contributed by atoms with Crippen LogP contribution in [-0.4, -0.2) is 57.4 Å². The highest BCUT2D eigenvalue weighted by atomic mass is 16.6. The SMILES string of the molecule is Cc1nn(C(=O)OC(C)(C)C)c2ccc(OC(CNC(=O)OC(C)(C)C)COc3ccccc3)c(-c3cccnc3)c12. The molecular formula is C32H38N4O6. The number of hydrogen-bond acceptors (Lipinski definition) is 8. The maximum Gasteiger partial charge on any atom is 0.435 e. The van der Waals surface area contributed by atoms with E-state index in [1.54, 1.807) is 66.1 Å². The molecule has 0 aliphatic heterocycles. The monoisotopic (exact) mass is 574 g/mol. The number of benzene rings is 2. The van der Waals surface area contributed by atoms with Gasteiger partial charge in [0.15, 0.2) is 0 Å². The van der Waals surface area contributed by atoms with Crippen LogP contribution in [0.1, 0.15) is 47.2 Å². The predicted octanol–water partition coefficient (Wildman–Crippen LogP) is 6.54. The molecule has 2 heterocycles. The van der Waals surface area contributed by atoms with Gasteiger partial charge in [0.2, 0.25) is 0 Å². The summed E-state index contributed by atoms with van der Waals surface area (Å²) in [5.41, 5.74) is 1.32. The number of alkyl carbamates (subject to hydrolysis) is 1. The molecule has 0 saturated heterocycles. The van der Waals surface area contributed by atoms with Crippen LogP contribution >= 0.6 is 0 Å². The third kappa shape index (κ3) is 7.99. The van der Waals surface area contributed by atoms with E-state index in [2.05, 4.69) is 15.4 Å². The van der Waals surface area contributed by atoms with E-state index >= 15 is 0 Å². The Morgan fingerprint density at radius 1 is 0.929 bits per heavy atom. The Kier molecular flexibility index (Phi) is 9.04. The van der Waals surface area contributed by atoms with Gasteiger partial charge in [-0.15, -0.1) is 0 Å². The lowest BCUT2D eigenvalue weighted by molar-refractivity contribution is 0.0480. The number of amides is 1. The van der Waals surface area contributed by atoms with E-state index < -0.39 is 29.5 Å². The number of carbonyl (C=O) groups is 2. The summed E-state index contributed by atoms with van der Waals surface area (Å²) < 4.78 is 24.8. The van der Waals surface area contributed by atoms with Gasteiger partial charge in [-0.3, -0.25) is 4.98 Å². The number of fused-ring (bicyclic) bond motifs is 1. The molecule has 0 aliphatic carbocycles. The van der Waals surface area contributed by atoms with Crippen LogP contribution < -0.4 is 14.8 Å². The first-order chi connectivity index (χ1) is 19.8. The Bertz CT molecular complexity index is 1520. The van der Waals surface area contributed by atoms with Gasteiger partial charge in [-0.05, 0) is 78.8 Å². The molecule has 0 saturated carbocycles. The highest BCUT2D eigenvalue weighted by Crippen LogP contribution is 2.39. The van der Waals surface area contributed by atoms with Crippen LogP contribution in [0.5, 0.6) is 11.5 Å². The van der Waals surface area contributed by atoms with Gasteiger partial charge in [0, 0.05) is 28.9 Å².